The van der Waals surface area contributed by atoms with Crippen LogP contribution in [0.5, 0.6) is 0 Å². The molecule has 0 unspecified atom stereocenters. The SMILES string of the molecule is CC1CCC(NC(=O)c2ccc3c(c2)CCN3S(C)(=O)=O)CC1. The van der Waals surface area contributed by atoms with Gasteiger partial charge in [-0.15, -0.1) is 0 Å². The van der Waals surface area contributed by atoms with E-state index in [2.05, 4.69) is 12.2 Å². The molecule has 1 N–H and O–H groups in total. The number of sulfonamides is 1. The van der Waals surface area contributed by atoms with Gasteiger partial charge in [-0.05, 0) is 61.8 Å². The fraction of sp³-hybridized carbons (Fsp3) is 0.588. The lowest BCUT2D eigenvalue weighted by Gasteiger charge is -2.27. The van der Waals surface area contributed by atoms with Crippen LogP contribution in [-0.4, -0.2) is 33.2 Å². The second kappa shape index (κ2) is 6.15. The summed E-state index contributed by atoms with van der Waals surface area (Å²) in [5, 5.41) is 3.12. The van der Waals surface area contributed by atoms with Crippen molar-refractivity contribution in [3.05, 3.63) is 29.3 Å². The van der Waals surface area contributed by atoms with Gasteiger partial charge < -0.3 is 5.32 Å². The molecular weight excluding hydrogens is 312 g/mol. The van der Waals surface area contributed by atoms with E-state index in [0.29, 0.717) is 24.2 Å². The van der Waals surface area contributed by atoms with Crippen molar-refractivity contribution < 1.29 is 13.2 Å². The maximum Gasteiger partial charge on any atom is 0.251 e. The quantitative estimate of drug-likeness (QED) is 0.921. The van der Waals surface area contributed by atoms with Crippen LogP contribution in [0.1, 0.15) is 48.5 Å². The Hall–Kier alpha value is -1.56. The zero-order valence-electron chi connectivity index (χ0n) is 13.7. The first kappa shape index (κ1) is 16.3. The van der Waals surface area contributed by atoms with E-state index in [-0.39, 0.29) is 11.9 Å². The Morgan fingerprint density at radius 2 is 1.91 bits per heavy atom. The van der Waals surface area contributed by atoms with Crippen molar-refractivity contribution in [2.24, 2.45) is 5.92 Å². The van der Waals surface area contributed by atoms with Crippen LogP contribution < -0.4 is 9.62 Å². The summed E-state index contributed by atoms with van der Waals surface area (Å²) < 4.78 is 24.9. The zero-order chi connectivity index (χ0) is 16.6. The van der Waals surface area contributed by atoms with Crippen molar-refractivity contribution in [2.45, 2.75) is 45.1 Å². The molecule has 1 fully saturated rings. The second-order valence-electron chi connectivity index (χ2n) is 6.86. The molecule has 1 aliphatic carbocycles. The molecule has 1 heterocycles. The van der Waals surface area contributed by atoms with Crippen LogP contribution in [0.4, 0.5) is 5.69 Å². The summed E-state index contributed by atoms with van der Waals surface area (Å²) in [5.41, 5.74) is 2.26. The Morgan fingerprint density at radius 3 is 2.57 bits per heavy atom. The molecule has 0 atom stereocenters. The van der Waals surface area contributed by atoms with E-state index >= 15 is 0 Å². The van der Waals surface area contributed by atoms with Gasteiger partial charge in [0.1, 0.15) is 0 Å². The molecule has 2 aliphatic rings. The molecule has 0 spiro atoms. The molecule has 1 saturated carbocycles. The summed E-state index contributed by atoms with van der Waals surface area (Å²) in [6, 6.07) is 5.57. The predicted octanol–water partition coefficient (Wildman–Crippen LogP) is 2.32. The first-order valence-corrected chi connectivity index (χ1v) is 10.1. The van der Waals surface area contributed by atoms with Gasteiger partial charge in [-0.3, -0.25) is 9.10 Å². The highest BCUT2D eigenvalue weighted by molar-refractivity contribution is 7.92. The number of nitrogens with one attached hydrogen (secondary N) is 1. The van der Waals surface area contributed by atoms with Crippen molar-refractivity contribution >= 4 is 21.6 Å². The number of hydrogen-bond donors (Lipinski definition) is 1. The average molecular weight is 336 g/mol. The Bertz CT molecular complexity index is 707. The molecule has 0 bridgehead atoms. The second-order valence-corrected chi connectivity index (χ2v) is 8.77. The van der Waals surface area contributed by atoms with Crippen LogP contribution in [0.2, 0.25) is 0 Å². The van der Waals surface area contributed by atoms with Gasteiger partial charge in [-0.25, -0.2) is 8.42 Å². The fourth-order valence-corrected chi connectivity index (χ4v) is 4.49. The molecular formula is C17H24N2O3S. The number of carbonyl (C=O) groups excluding carboxylic acids is 1. The minimum Gasteiger partial charge on any atom is -0.349 e. The predicted molar refractivity (Wildman–Crippen MR) is 91.2 cm³/mol. The minimum atomic E-state index is -3.24. The van der Waals surface area contributed by atoms with Gasteiger partial charge in [0, 0.05) is 18.2 Å². The van der Waals surface area contributed by atoms with Crippen LogP contribution in [0, 0.1) is 5.92 Å². The fourth-order valence-electron chi connectivity index (χ4n) is 3.53. The summed E-state index contributed by atoms with van der Waals surface area (Å²) >= 11 is 0. The zero-order valence-corrected chi connectivity index (χ0v) is 14.5. The molecule has 1 aromatic carbocycles. The van der Waals surface area contributed by atoms with E-state index in [1.807, 2.05) is 6.07 Å². The summed E-state index contributed by atoms with van der Waals surface area (Å²) in [6.45, 7) is 2.71. The first-order chi connectivity index (χ1) is 10.8. The third-order valence-electron chi connectivity index (χ3n) is 4.95. The van der Waals surface area contributed by atoms with Gasteiger partial charge in [-0.2, -0.15) is 0 Å². The molecule has 6 heteroatoms. The number of rotatable bonds is 3. The van der Waals surface area contributed by atoms with Crippen molar-refractivity contribution in [1.29, 1.82) is 0 Å². The van der Waals surface area contributed by atoms with Gasteiger partial charge in [0.05, 0.1) is 11.9 Å². The van der Waals surface area contributed by atoms with E-state index in [9.17, 15) is 13.2 Å². The summed E-state index contributed by atoms with van der Waals surface area (Å²) in [5.74, 6) is 0.704. The van der Waals surface area contributed by atoms with Gasteiger partial charge in [0.2, 0.25) is 10.0 Å². The molecule has 23 heavy (non-hydrogen) atoms. The Kier molecular flexibility index (Phi) is 4.36. The Balaban J connectivity index is 1.71. The van der Waals surface area contributed by atoms with Crippen LogP contribution in [0.25, 0.3) is 0 Å². The van der Waals surface area contributed by atoms with Crippen LogP contribution in [-0.2, 0) is 16.4 Å². The molecule has 126 valence electrons. The van der Waals surface area contributed by atoms with Gasteiger partial charge >= 0.3 is 0 Å². The smallest absolute Gasteiger partial charge is 0.251 e. The molecule has 1 aliphatic heterocycles. The standard InChI is InChI=1S/C17H24N2O3S/c1-12-3-6-15(7-4-12)18-17(20)14-5-8-16-13(11-14)9-10-19(16)23(2,21)22/h5,8,11-12,15H,3-4,6-7,9-10H2,1-2H3,(H,18,20). The number of anilines is 1. The van der Waals surface area contributed by atoms with Crippen LogP contribution >= 0.6 is 0 Å². The molecule has 5 nitrogen and oxygen atoms in total. The lowest BCUT2D eigenvalue weighted by molar-refractivity contribution is 0.0923. The van der Waals surface area contributed by atoms with Gasteiger partial charge in [-0.1, -0.05) is 6.92 Å². The van der Waals surface area contributed by atoms with Crippen LogP contribution in [0.3, 0.4) is 0 Å². The molecule has 3 rings (SSSR count). The number of carbonyl (C=O) groups is 1. The van der Waals surface area contributed by atoms with Crippen molar-refractivity contribution in [3.63, 3.8) is 0 Å². The highest BCUT2D eigenvalue weighted by Crippen LogP contribution is 2.31. The number of nitrogens with zero attached hydrogens (tertiary/aromatic N) is 1. The van der Waals surface area contributed by atoms with Gasteiger partial charge in [0.25, 0.3) is 5.91 Å². The third-order valence-corrected chi connectivity index (χ3v) is 6.13. The Labute approximate surface area is 138 Å². The monoisotopic (exact) mass is 336 g/mol. The maximum atomic E-state index is 12.4. The van der Waals surface area contributed by atoms with E-state index < -0.39 is 10.0 Å². The van der Waals surface area contributed by atoms with E-state index in [0.717, 1.165) is 24.3 Å². The third kappa shape index (κ3) is 3.52. The largest absolute Gasteiger partial charge is 0.349 e. The molecule has 0 saturated heterocycles. The number of fused-ring (bicyclic) bond motifs is 1. The van der Waals surface area contributed by atoms with Crippen molar-refractivity contribution in [1.82, 2.24) is 5.32 Å². The van der Waals surface area contributed by atoms with Gasteiger partial charge in [0.15, 0.2) is 0 Å². The highest BCUT2D eigenvalue weighted by Gasteiger charge is 2.27. The van der Waals surface area contributed by atoms with Crippen molar-refractivity contribution in [3.8, 4) is 0 Å². The summed E-state index contributed by atoms with van der Waals surface area (Å²) in [4.78, 5) is 12.4. The topological polar surface area (TPSA) is 66.5 Å². The van der Waals surface area contributed by atoms with E-state index in [1.165, 1.54) is 23.4 Å². The maximum absolute atomic E-state index is 12.4. The summed E-state index contributed by atoms with van der Waals surface area (Å²) in [7, 11) is -3.24. The van der Waals surface area contributed by atoms with E-state index in [1.54, 1.807) is 12.1 Å². The van der Waals surface area contributed by atoms with Crippen LogP contribution in [0.15, 0.2) is 18.2 Å². The highest BCUT2D eigenvalue weighted by atomic mass is 32.2. The van der Waals surface area contributed by atoms with Crippen molar-refractivity contribution in [2.75, 3.05) is 17.1 Å². The number of amides is 1. The molecule has 0 aromatic heterocycles. The average Bonchev–Trinajstić information content (AvgIpc) is 2.92. The molecule has 0 radical (unpaired) electrons. The summed E-state index contributed by atoms with van der Waals surface area (Å²) in [6.07, 6.45) is 6.29. The first-order valence-electron chi connectivity index (χ1n) is 8.26. The molecule has 1 aromatic rings. The normalized spacial score (nSPS) is 24.3. The molecule has 1 amide bonds. The van der Waals surface area contributed by atoms with E-state index in [4.69, 9.17) is 0 Å². The lowest BCUT2D eigenvalue weighted by Crippen LogP contribution is -2.37. The Morgan fingerprint density at radius 1 is 1.22 bits per heavy atom. The number of benzene rings is 1. The lowest BCUT2D eigenvalue weighted by atomic mass is 9.87. The number of hydrogen-bond acceptors (Lipinski definition) is 3. The minimum absolute atomic E-state index is 0.0508.